The van der Waals surface area contributed by atoms with E-state index >= 15 is 0 Å². The van der Waals surface area contributed by atoms with Gasteiger partial charge < -0.3 is 24.8 Å². The predicted octanol–water partition coefficient (Wildman–Crippen LogP) is -0.0835. The zero-order valence-corrected chi connectivity index (χ0v) is 26.0. The van der Waals surface area contributed by atoms with E-state index in [1.54, 1.807) is 32.9 Å². The Hall–Kier alpha value is 0.240. The van der Waals surface area contributed by atoms with E-state index in [9.17, 15) is 0 Å². The SMILES string of the molecule is CN(C)C1=[C]2CC(C(C)(C)C)=C1[Si](C)(C)C1=C(C(C)(C)C)C[C](=C1N(C)C)[Zr+2]2.[Cl-].[Cl-]. The number of hydrogen-bond donors (Lipinski definition) is 0. The van der Waals surface area contributed by atoms with E-state index in [2.05, 4.69) is 92.6 Å². The van der Waals surface area contributed by atoms with Gasteiger partial charge in [-0.3, -0.25) is 0 Å². The molecule has 0 aromatic carbocycles. The Kier molecular flexibility index (Phi) is 8.37. The first-order chi connectivity index (χ1) is 12.6. The monoisotopic (exact) mass is 544 g/mol. The summed E-state index contributed by atoms with van der Waals surface area (Å²) in [7, 11) is 7.29. The molecule has 30 heavy (non-hydrogen) atoms. The molecule has 0 amide bonds. The molecule has 1 heterocycles. The van der Waals surface area contributed by atoms with Crippen molar-refractivity contribution in [2.75, 3.05) is 28.2 Å². The molecule has 0 saturated heterocycles. The standard InChI is InChI=1S/C24H40N2Si.2ClH.Zr/c1-23(2,3)17-13-15-19(25(7)8)21(17)27(11,12)22-18(24(4,5)6)14-16-20(22)26(9)10;;;/h13-14H2,1-12H3;2*1H;/q;;;+2/p-2. The van der Waals surface area contributed by atoms with E-state index in [0.29, 0.717) is 0 Å². The van der Waals surface area contributed by atoms with Crippen LogP contribution in [0.5, 0.6) is 0 Å². The molecule has 3 rings (SSSR count). The Morgan fingerprint density at radius 3 is 1.20 bits per heavy atom. The summed E-state index contributed by atoms with van der Waals surface area (Å²) in [4.78, 5) is 4.94. The van der Waals surface area contributed by atoms with Gasteiger partial charge in [-0.15, -0.1) is 0 Å². The number of rotatable bonds is 2. The van der Waals surface area contributed by atoms with Gasteiger partial charge in [0.05, 0.1) is 0 Å². The van der Waals surface area contributed by atoms with Crippen LogP contribution in [0.4, 0.5) is 0 Å². The summed E-state index contributed by atoms with van der Waals surface area (Å²) in [5.41, 5.74) is 7.28. The Balaban J connectivity index is 0.00000225. The van der Waals surface area contributed by atoms with Crippen LogP contribution >= 0.6 is 0 Å². The maximum atomic E-state index is 2.64. The van der Waals surface area contributed by atoms with Crippen LogP contribution in [0.1, 0.15) is 54.4 Å². The van der Waals surface area contributed by atoms with Gasteiger partial charge in [0.2, 0.25) is 0 Å². The largest absolute Gasteiger partial charge is 1.00 e. The molecule has 0 N–H and O–H groups in total. The van der Waals surface area contributed by atoms with E-state index in [4.69, 9.17) is 0 Å². The molecular formula is C24H40Cl2N2SiZr. The first kappa shape index (κ1) is 28.3. The summed E-state index contributed by atoms with van der Waals surface area (Å²) in [6, 6.07) is 0. The van der Waals surface area contributed by atoms with Crippen LogP contribution in [-0.4, -0.2) is 46.1 Å². The summed E-state index contributed by atoms with van der Waals surface area (Å²) >= 11 is -0.782. The molecule has 0 fully saturated rings. The molecule has 0 saturated carbocycles. The van der Waals surface area contributed by atoms with E-state index in [1.165, 1.54) is 12.8 Å². The summed E-state index contributed by atoms with van der Waals surface area (Å²) in [6.07, 6.45) is 2.49. The topological polar surface area (TPSA) is 6.48 Å². The Labute approximate surface area is 210 Å². The average Bonchev–Trinajstić information content (AvgIpc) is 3.06. The minimum Gasteiger partial charge on any atom is -1.00 e. The van der Waals surface area contributed by atoms with Crippen molar-refractivity contribution in [2.24, 2.45) is 10.8 Å². The average molecular weight is 547 g/mol. The summed E-state index contributed by atoms with van der Waals surface area (Å²) < 4.78 is 3.66. The van der Waals surface area contributed by atoms with Crippen LogP contribution in [0.15, 0.2) is 39.5 Å². The van der Waals surface area contributed by atoms with Crippen molar-refractivity contribution in [2.45, 2.75) is 67.5 Å². The minimum atomic E-state index is -1.86. The number of likely N-dealkylation sites (N-methyl/N-ethyl adjacent to an activating group) is 2. The molecule has 0 aromatic heterocycles. The van der Waals surface area contributed by atoms with Crippen molar-refractivity contribution in [3.8, 4) is 0 Å². The number of hydrogen-bond acceptors (Lipinski definition) is 2. The maximum Gasteiger partial charge on any atom is -1.00 e. The van der Waals surface area contributed by atoms with Gasteiger partial charge in [-0.1, -0.05) is 0 Å². The molecule has 0 radical (unpaired) electrons. The van der Waals surface area contributed by atoms with Gasteiger partial charge in [0.25, 0.3) is 0 Å². The summed E-state index contributed by atoms with van der Waals surface area (Å²) in [6.45, 7) is 19.9. The molecule has 6 heteroatoms. The maximum absolute atomic E-state index is 2.64. The van der Waals surface area contributed by atoms with Crippen LogP contribution < -0.4 is 24.8 Å². The van der Waals surface area contributed by atoms with Gasteiger partial charge >= 0.3 is 187 Å². The molecule has 168 valence electrons. The summed E-state index contributed by atoms with van der Waals surface area (Å²) in [5, 5.41) is 3.55. The molecular weight excluding hydrogens is 506 g/mol. The number of allylic oxidation sites excluding steroid dienone is 6. The van der Waals surface area contributed by atoms with Gasteiger partial charge in [0.1, 0.15) is 0 Å². The molecule has 4 bridgehead atoms. The number of fused-ring (bicyclic) bond motifs is 2. The van der Waals surface area contributed by atoms with Crippen LogP contribution in [0, 0.1) is 10.8 Å². The molecule has 1 aliphatic heterocycles. The van der Waals surface area contributed by atoms with Gasteiger partial charge in [0, 0.05) is 0 Å². The van der Waals surface area contributed by atoms with Crippen LogP contribution in [0.2, 0.25) is 13.1 Å². The van der Waals surface area contributed by atoms with Crippen molar-refractivity contribution < 1.29 is 48.0 Å². The fraction of sp³-hybridized carbons (Fsp3) is 0.667. The van der Waals surface area contributed by atoms with E-state index in [1.807, 2.05) is 6.56 Å². The minimum absolute atomic E-state index is 0. The predicted molar refractivity (Wildman–Crippen MR) is 121 cm³/mol. The zero-order valence-electron chi connectivity index (χ0n) is 21.1. The van der Waals surface area contributed by atoms with Crippen LogP contribution in [0.3, 0.4) is 0 Å². The molecule has 0 aromatic rings. The van der Waals surface area contributed by atoms with Crippen molar-refractivity contribution in [1.29, 1.82) is 0 Å². The third-order valence-electron chi connectivity index (χ3n) is 6.61. The third-order valence-corrected chi connectivity index (χ3v) is 13.7. The number of nitrogens with zero attached hydrogens (tertiary/aromatic N) is 2. The van der Waals surface area contributed by atoms with Gasteiger partial charge in [-0.05, 0) is 0 Å². The fourth-order valence-electron chi connectivity index (χ4n) is 5.41. The molecule has 0 atom stereocenters. The van der Waals surface area contributed by atoms with Gasteiger partial charge in [0.15, 0.2) is 0 Å². The van der Waals surface area contributed by atoms with Crippen LogP contribution in [0.25, 0.3) is 0 Å². The Morgan fingerprint density at radius 2 is 0.967 bits per heavy atom. The van der Waals surface area contributed by atoms with Gasteiger partial charge in [-0.2, -0.15) is 0 Å². The molecule has 3 aliphatic rings. The zero-order chi connectivity index (χ0) is 21.4. The van der Waals surface area contributed by atoms with Crippen molar-refractivity contribution in [3.05, 3.63) is 39.5 Å². The first-order valence-corrected chi connectivity index (χ1v) is 16.1. The van der Waals surface area contributed by atoms with Crippen LogP contribution in [-0.2, 0) is 23.2 Å². The Bertz CT molecular complexity index is 779. The van der Waals surface area contributed by atoms with Gasteiger partial charge in [-0.25, -0.2) is 0 Å². The molecule has 2 aliphatic carbocycles. The number of halogens is 2. The second-order valence-corrected chi connectivity index (χ2v) is 19.6. The second kappa shape index (κ2) is 8.88. The molecule has 2 nitrogen and oxygen atoms in total. The fourth-order valence-corrected chi connectivity index (χ4v) is 15.1. The molecule has 0 unspecified atom stereocenters. The van der Waals surface area contributed by atoms with E-state index < -0.39 is 31.3 Å². The molecule has 0 spiro atoms. The van der Waals surface area contributed by atoms with E-state index in [0.717, 1.165) is 0 Å². The van der Waals surface area contributed by atoms with Crippen molar-refractivity contribution in [1.82, 2.24) is 9.80 Å². The smallest absolute Gasteiger partial charge is 1.00 e. The second-order valence-electron chi connectivity index (χ2n) is 11.8. The first-order valence-electron chi connectivity index (χ1n) is 10.7. The van der Waals surface area contributed by atoms with Crippen molar-refractivity contribution >= 4 is 8.07 Å². The van der Waals surface area contributed by atoms with E-state index in [-0.39, 0.29) is 35.6 Å². The Morgan fingerprint density at radius 1 is 0.667 bits per heavy atom. The third kappa shape index (κ3) is 4.50. The van der Waals surface area contributed by atoms with Crippen molar-refractivity contribution in [3.63, 3.8) is 0 Å². The normalized spacial score (nSPS) is 20.3. The quantitative estimate of drug-likeness (QED) is 0.447. The summed E-state index contributed by atoms with van der Waals surface area (Å²) in [5.74, 6) is 0.